The Hall–Kier alpha value is -1.92. The number of para-hydroxylation sites is 2. The molecular weight excluding hydrogens is 264 g/mol. The number of carbonyl (C=O) groups excluding carboxylic acids is 1. The van der Waals surface area contributed by atoms with Crippen molar-refractivity contribution in [1.82, 2.24) is 4.98 Å². The first-order valence-corrected chi connectivity index (χ1v) is 6.54. The van der Waals surface area contributed by atoms with Crippen LogP contribution >= 0.6 is 11.3 Å². The van der Waals surface area contributed by atoms with Crippen molar-refractivity contribution in [3.05, 3.63) is 35.3 Å². The van der Waals surface area contributed by atoms with E-state index >= 15 is 0 Å². The number of rotatable bonds is 4. The number of ether oxygens (including phenoxy) is 1. The Labute approximate surface area is 115 Å². The molecule has 1 heterocycles. The van der Waals surface area contributed by atoms with Crippen LogP contribution in [-0.2, 0) is 11.4 Å². The molecule has 19 heavy (non-hydrogen) atoms. The Bertz CT molecular complexity index is 583. The Morgan fingerprint density at radius 1 is 1.47 bits per heavy atom. The molecule has 0 fully saturated rings. The second-order valence-electron chi connectivity index (χ2n) is 3.81. The van der Waals surface area contributed by atoms with Gasteiger partial charge in [-0.05, 0) is 12.1 Å². The highest BCUT2D eigenvalue weighted by atomic mass is 32.1. The van der Waals surface area contributed by atoms with Crippen LogP contribution in [-0.4, -0.2) is 23.1 Å². The molecule has 0 unspecified atom stereocenters. The van der Waals surface area contributed by atoms with Crippen molar-refractivity contribution >= 4 is 28.1 Å². The average Bonchev–Trinajstić information content (AvgIpc) is 2.87. The second kappa shape index (κ2) is 5.81. The predicted molar refractivity (Wildman–Crippen MR) is 73.9 cm³/mol. The van der Waals surface area contributed by atoms with Crippen LogP contribution in [0, 0.1) is 0 Å². The summed E-state index contributed by atoms with van der Waals surface area (Å²) in [7, 11) is 1.55. The number of carbonyl (C=O) groups is 1. The SMILES string of the molecule is COc1ccccc1N(C(C)=O)c1nc(CO)cs1. The fourth-order valence-electron chi connectivity index (χ4n) is 1.69. The summed E-state index contributed by atoms with van der Waals surface area (Å²) < 4.78 is 5.26. The van der Waals surface area contributed by atoms with E-state index in [2.05, 4.69) is 4.98 Å². The Morgan fingerprint density at radius 3 is 2.79 bits per heavy atom. The van der Waals surface area contributed by atoms with Gasteiger partial charge in [-0.2, -0.15) is 0 Å². The van der Waals surface area contributed by atoms with Crippen LogP contribution in [0.25, 0.3) is 0 Å². The van der Waals surface area contributed by atoms with Crippen molar-refractivity contribution in [1.29, 1.82) is 0 Å². The lowest BCUT2D eigenvalue weighted by Crippen LogP contribution is -2.23. The number of aliphatic hydroxyl groups excluding tert-OH is 1. The summed E-state index contributed by atoms with van der Waals surface area (Å²) in [4.78, 5) is 17.6. The van der Waals surface area contributed by atoms with E-state index in [-0.39, 0.29) is 12.5 Å². The molecule has 0 spiro atoms. The Morgan fingerprint density at radius 2 is 2.21 bits per heavy atom. The summed E-state index contributed by atoms with van der Waals surface area (Å²) in [6.07, 6.45) is 0. The van der Waals surface area contributed by atoms with Crippen molar-refractivity contribution in [3.8, 4) is 5.75 Å². The molecule has 0 aliphatic carbocycles. The fourth-order valence-corrected chi connectivity index (χ4v) is 2.56. The molecule has 0 atom stereocenters. The van der Waals surface area contributed by atoms with Gasteiger partial charge in [-0.3, -0.25) is 9.69 Å². The van der Waals surface area contributed by atoms with Crippen LogP contribution in [0.4, 0.5) is 10.8 Å². The van der Waals surface area contributed by atoms with E-state index in [4.69, 9.17) is 9.84 Å². The quantitative estimate of drug-likeness (QED) is 0.932. The molecule has 0 aliphatic rings. The summed E-state index contributed by atoms with van der Waals surface area (Å²) in [6, 6.07) is 7.24. The second-order valence-corrected chi connectivity index (χ2v) is 4.64. The number of methoxy groups -OCH3 is 1. The summed E-state index contributed by atoms with van der Waals surface area (Å²) in [6.45, 7) is 1.32. The topological polar surface area (TPSA) is 62.7 Å². The molecule has 0 saturated carbocycles. The zero-order valence-corrected chi connectivity index (χ0v) is 11.5. The maximum Gasteiger partial charge on any atom is 0.230 e. The van der Waals surface area contributed by atoms with Crippen LogP contribution in [0.15, 0.2) is 29.6 Å². The zero-order chi connectivity index (χ0) is 13.8. The number of amides is 1. The van der Waals surface area contributed by atoms with E-state index in [0.29, 0.717) is 22.3 Å². The molecule has 2 rings (SSSR count). The first-order chi connectivity index (χ1) is 9.17. The molecule has 0 aliphatic heterocycles. The van der Waals surface area contributed by atoms with Crippen molar-refractivity contribution in [2.24, 2.45) is 0 Å². The van der Waals surface area contributed by atoms with Crippen molar-refractivity contribution < 1.29 is 14.6 Å². The lowest BCUT2D eigenvalue weighted by Gasteiger charge is -2.20. The molecule has 5 nitrogen and oxygen atoms in total. The van der Waals surface area contributed by atoms with Crippen LogP contribution in [0.2, 0.25) is 0 Å². The molecular formula is C13H14N2O3S. The van der Waals surface area contributed by atoms with E-state index in [1.165, 1.54) is 23.2 Å². The number of nitrogens with zero attached hydrogens (tertiary/aromatic N) is 2. The number of hydrogen-bond donors (Lipinski definition) is 1. The van der Waals surface area contributed by atoms with Gasteiger partial charge in [0.1, 0.15) is 5.75 Å². The monoisotopic (exact) mass is 278 g/mol. The standard InChI is InChI=1S/C13H14N2O3S/c1-9(17)15(13-14-10(7-16)8-19-13)11-5-3-4-6-12(11)18-2/h3-6,8,16H,7H2,1-2H3. The molecule has 100 valence electrons. The number of hydrogen-bond acceptors (Lipinski definition) is 5. The lowest BCUT2D eigenvalue weighted by molar-refractivity contribution is -0.115. The van der Waals surface area contributed by atoms with E-state index in [9.17, 15) is 4.79 Å². The van der Waals surface area contributed by atoms with Crippen LogP contribution in [0.5, 0.6) is 5.75 Å². The molecule has 1 N–H and O–H groups in total. The highest BCUT2D eigenvalue weighted by Crippen LogP contribution is 2.35. The van der Waals surface area contributed by atoms with Gasteiger partial charge in [-0.25, -0.2) is 4.98 Å². The molecule has 1 aromatic carbocycles. The molecule has 2 aromatic rings. The maximum atomic E-state index is 11.9. The van der Waals surface area contributed by atoms with Crippen LogP contribution < -0.4 is 9.64 Å². The number of aromatic nitrogens is 1. The Balaban J connectivity index is 2.48. The number of thiazole rings is 1. The molecule has 0 saturated heterocycles. The molecule has 1 amide bonds. The van der Waals surface area contributed by atoms with Gasteiger partial charge in [0.05, 0.1) is 25.1 Å². The predicted octanol–water partition coefficient (Wildman–Crippen LogP) is 2.33. The van der Waals surface area contributed by atoms with Crippen molar-refractivity contribution in [2.45, 2.75) is 13.5 Å². The van der Waals surface area contributed by atoms with Crippen LogP contribution in [0.3, 0.4) is 0 Å². The van der Waals surface area contributed by atoms with Crippen LogP contribution in [0.1, 0.15) is 12.6 Å². The molecule has 0 radical (unpaired) electrons. The highest BCUT2D eigenvalue weighted by molar-refractivity contribution is 7.14. The third-order valence-electron chi connectivity index (χ3n) is 2.53. The van der Waals surface area contributed by atoms with Gasteiger partial charge in [-0.1, -0.05) is 12.1 Å². The van der Waals surface area contributed by atoms with Gasteiger partial charge < -0.3 is 9.84 Å². The van der Waals surface area contributed by atoms with Gasteiger partial charge >= 0.3 is 0 Å². The average molecular weight is 278 g/mol. The zero-order valence-electron chi connectivity index (χ0n) is 10.7. The molecule has 1 aromatic heterocycles. The van der Waals surface area contributed by atoms with E-state index in [0.717, 1.165) is 0 Å². The first-order valence-electron chi connectivity index (χ1n) is 5.66. The summed E-state index contributed by atoms with van der Waals surface area (Å²) in [5.41, 5.74) is 1.18. The minimum atomic E-state index is -0.164. The summed E-state index contributed by atoms with van der Waals surface area (Å²) in [5, 5.41) is 11.3. The number of anilines is 2. The van der Waals surface area contributed by atoms with Gasteiger partial charge in [-0.15, -0.1) is 11.3 Å². The highest BCUT2D eigenvalue weighted by Gasteiger charge is 2.20. The number of aliphatic hydroxyl groups is 1. The number of benzene rings is 1. The Kier molecular flexibility index (Phi) is 4.13. The summed E-state index contributed by atoms with van der Waals surface area (Å²) in [5.74, 6) is 0.432. The van der Waals surface area contributed by atoms with Gasteiger partial charge in [0, 0.05) is 12.3 Å². The van der Waals surface area contributed by atoms with E-state index < -0.39 is 0 Å². The van der Waals surface area contributed by atoms with Gasteiger partial charge in [0.2, 0.25) is 5.91 Å². The normalized spacial score (nSPS) is 10.3. The fraction of sp³-hybridized carbons (Fsp3) is 0.231. The smallest absolute Gasteiger partial charge is 0.230 e. The third kappa shape index (κ3) is 2.74. The van der Waals surface area contributed by atoms with Gasteiger partial charge in [0.25, 0.3) is 0 Å². The molecule has 6 heteroatoms. The third-order valence-corrected chi connectivity index (χ3v) is 3.41. The minimum Gasteiger partial charge on any atom is -0.495 e. The van der Waals surface area contributed by atoms with E-state index in [1.807, 2.05) is 12.1 Å². The van der Waals surface area contributed by atoms with Crippen molar-refractivity contribution in [2.75, 3.05) is 12.0 Å². The van der Waals surface area contributed by atoms with E-state index in [1.54, 1.807) is 24.6 Å². The first kappa shape index (κ1) is 13.5. The van der Waals surface area contributed by atoms with Crippen molar-refractivity contribution in [3.63, 3.8) is 0 Å². The maximum absolute atomic E-state index is 11.9. The largest absolute Gasteiger partial charge is 0.495 e. The summed E-state index contributed by atoms with van der Waals surface area (Å²) >= 11 is 1.30. The molecule has 0 bridgehead atoms. The minimum absolute atomic E-state index is 0.145. The van der Waals surface area contributed by atoms with Gasteiger partial charge in [0.15, 0.2) is 5.13 Å². The lowest BCUT2D eigenvalue weighted by atomic mass is 10.2.